The first-order valence-electron chi connectivity index (χ1n) is 9.64. The van der Waals surface area contributed by atoms with Crippen molar-refractivity contribution in [1.29, 1.82) is 0 Å². The van der Waals surface area contributed by atoms with Crippen molar-refractivity contribution in [2.24, 2.45) is 11.1 Å². The molecule has 0 bridgehead atoms. The minimum Gasteiger partial charge on any atom is -0.449 e. The number of ether oxygens (including phenoxy) is 2. The first-order chi connectivity index (χ1) is 14.3. The van der Waals surface area contributed by atoms with Gasteiger partial charge in [-0.3, -0.25) is 10.1 Å². The summed E-state index contributed by atoms with van der Waals surface area (Å²) in [7, 11) is 0. The van der Waals surface area contributed by atoms with Crippen LogP contribution in [0.4, 0.5) is 10.5 Å². The van der Waals surface area contributed by atoms with Gasteiger partial charge in [-0.2, -0.15) is 0 Å². The van der Waals surface area contributed by atoms with E-state index >= 15 is 0 Å². The summed E-state index contributed by atoms with van der Waals surface area (Å²) in [5, 5.41) is 3.70. The molecule has 1 heterocycles. The zero-order valence-corrected chi connectivity index (χ0v) is 18.1. The van der Waals surface area contributed by atoms with Crippen LogP contribution in [0.25, 0.3) is 0 Å². The molecule has 2 aromatic carbocycles. The van der Waals surface area contributed by atoms with Gasteiger partial charge in [-0.05, 0) is 49.1 Å². The molecule has 3 N–H and O–H groups in total. The van der Waals surface area contributed by atoms with Crippen LogP contribution in [0.5, 0.6) is 0 Å². The van der Waals surface area contributed by atoms with E-state index in [1.54, 1.807) is 49.4 Å². The van der Waals surface area contributed by atoms with E-state index in [-0.39, 0.29) is 6.61 Å². The number of rotatable bonds is 6. The number of benzene rings is 2. The zero-order chi connectivity index (χ0) is 21.7. The Morgan fingerprint density at radius 2 is 1.80 bits per heavy atom. The fourth-order valence-corrected chi connectivity index (χ4v) is 4.31. The van der Waals surface area contributed by atoms with Gasteiger partial charge in [0, 0.05) is 34.4 Å². The molecule has 1 atom stereocenters. The molecule has 1 unspecified atom stereocenters. The van der Waals surface area contributed by atoms with Crippen molar-refractivity contribution >= 4 is 40.9 Å². The molecule has 3 rings (SSSR count). The number of hydrogen-bond donors (Lipinski definition) is 2. The highest BCUT2D eigenvalue weighted by molar-refractivity contribution is 6.32. The van der Waals surface area contributed by atoms with Gasteiger partial charge < -0.3 is 15.2 Å². The lowest BCUT2D eigenvalue weighted by Gasteiger charge is -2.41. The lowest BCUT2D eigenvalue weighted by Crippen LogP contribution is -2.45. The van der Waals surface area contributed by atoms with Gasteiger partial charge in [0.15, 0.2) is 0 Å². The Bertz CT molecular complexity index is 929. The number of hydrogen-bond acceptors (Lipinski definition) is 4. The second-order valence-corrected chi connectivity index (χ2v) is 8.26. The van der Waals surface area contributed by atoms with E-state index < -0.39 is 23.3 Å². The number of amides is 2. The van der Waals surface area contributed by atoms with Gasteiger partial charge in [0.2, 0.25) is 5.91 Å². The molecule has 30 heavy (non-hydrogen) atoms. The van der Waals surface area contributed by atoms with Crippen molar-refractivity contribution < 1.29 is 19.1 Å². The Hall–Kier alpha value is -2.28. The minimum atomic E-state index is -0.713. The maximum absolute atomic E-state index is 12.5. The number of nitrogens with one attached hydrogen (secondary N) is 1. The maximum Gasteiger partial charge on any atom is 0.411 e. The van der Waals surface area contributed by atoms with Gasteiger partial charge in [0.05, 0.1) is 5.92 Å². The number of halogens is 2. The van der Waals surface area contributed by atoms with E-state index in [4.69, 9.17) is 38.4 Å². The summed E-state index contributed by atoms with van der Waals surface area (Å²) in [6.07, 6.45) is 0.388. The van der Waals surface area contributed by atoms with Crippen LogP contribution in [0.15, 0.2) is 42.5 Å². The van der Waals surface area contributed by atoms with E-state index in [0.717, 1.165) is 5.56 Å². The average molecular weight is 451 g/mol. The largest absolute Gasteiger partial charge is 0.449 e. The molecule has 6 nitrogen and oxygen atoms in total. The summed E-state index contributed by atoms with van der Waals surface area (Å²) >= 11 is 12.5. The van der Waals surface area contributed by atoms with Crippen molar-refractivity contribution in [3.8, 4) is 0 Å². The Labute approximate surface area is 185 Å². The topological polar surface area (TPSA) is 90.6 Å². The average Bonchev–Trinajstić information content (AvgIpc) is 2.72. The van der Waals surface area contributed by atoms with E-state index in [9.17, 15) is 9.59 Å². The van der Waals surface area contributed by atoms with Crippen LogP contribution in [-0.2, 0) is 14.3 Å². The predicted octanol–water partition coefficient (Wildman–Crippen LogP) is 4.92. The second-order valence-electron chi connectivity index (χ2n) is 7.45. The molecule has 1 aliphatic rings. The molecule has 2 amide bonds. The zero-order valence-electron chi connectivity index (χ0n) is 16.6. The summed E-state index contributed by atoms with van der Waals surface area (Å²) in [5.74, 6) is -1.23. The third-order valence-electron chi connectivity index (χ3n) is 5.60. The Kier molecular flexibility index (Phi) is 7.23. The van der Waals surface area contributed by atoms with Crippen LogP contribution in [0, 0.1) is 12.3 Å². The van der Waals surface area contributed by atoms with Crippen molar-refractivity contribution in [1.82, 2.24) is 0 Å². The lowest BCUT2D eigenvalue weighted by molar-refractivity contribution is -0.126. The van der Waals surface area contributed by atoms with Crippen molar-refractivity contribution in [3.05, 3.63) is 63.6 Å². The Balaban J connectivity index is 1.82. The highest BCUT2D eigenvalue weighted by Gasteiger charge is 2.46. The summed E-state index contributed by atoms with van der Waals surface area (Å²) < 4.78 is 11.1. The fraction of sp³-hybridized carbons (Fsp3) is 0.364. The predicted molar refractivity (Wildman–Crippen MR) is 117 cm³/mol. The highest BCUT2D eigenvalue weighted by Crippen LogP contribution is 2.46. The molecular weight excluding hydrogens is 427 g/mol. The van der Waals surface area contributed by atoms with Gasteiger partial charge >= 0.3 is 6.09 Å². The molecule has 160 valence electrons. The second kappa shape index (κ2) is 9.69. The van der Waals surface area contributed by atoms with Crippen LogP contribution in [-0.4, -0.2) is 31.8 Å². The SMILES string of the molecule is Cc1c(Cl)cccc1NC(=O)OCC1(C(C(N)=O)c2ccccc2Cl)CCOCC1. The van der Waals surface area contributed by atoms with Gasteiger partial charge in [0.25, 0.3) is 0 Å². The van der Waals surface area contributed by atoms with Gasteiger partial charge in [-0.1, -0.05) is 47.5 Å². The van der Waals surface area contributed by atoms with Crippen molar-refractivity contribution in [2.75, 3.05) is 25.1 Å². The molecule has 1 saturated heterocycles. The third-order valence-corrected chi connectivity index (χ3v) is 6.35. The smallest absolute Gasteiger partial charge is 0.411 e. The normalized spacial score (nSPS) is 16.5. The Morgan fingerprint density at radius 3 is 2.47 bits per heavy atom. The van der Waals surface area contributed by atoms with Crippen LogP contribution in [0.2, 0.25) is 10.0 Å². The number of carbonyl (C=O) groups is 2. The first kappa shape index (κ1) is 22.4. The lowest BCUT2D eigenvalue weighted by atomic mass is 9.67. The molecule has 1 fully saturated rings. The summed E-state index contributed by atoms with van der Waals surface area (Å²) in [5.41, 5.74) is 7.03. The highest BCUT2D eigenvalue weighted by atomic mass is 35.5. The molecule has 0 aliphatic carbocycles. The summed E-state index contributed by atoms with van der Waals surface area (Å²) in [6.45, 7) is 2.68. The van der Waals surface area contributed by atoms with Crippen LogP contribution in [0.1, 0.15) is 29.9 Å². The quantitative estimate of drug-likeness (QED) is 0.653. The molecule has 0 radical (unpaired) electrons. The summed E-state index contributed by atoms with van der Waals surface area (Å²) in [6, 6.07) is 12.3. The number of anilines is 1. The Morgan fingerprint density at radius 1 is 1.13 bits per heavy atom. The number of nitrogens with two attached hydrogens (primary N) is 1. The standard InChI is InChI=1S/C22H24Cl2N2O4/c1-14-16(23)7-4-8-18(14)26-21(28)30-13-22(9-11-29-12-10-22)19(20(25)27)15-5-2-3-6-17(15)24/h2-8,19H,9-13H2,1H3,(H2,25,27)(H,26,28). The monoisotopic (exact) mass is 450 g/mol. The number of carbonyl (C=O) groups excluding carboxylic acids is 2. The maximum atomic E-state index is 12.5. The van der Waals surface area contributed by atoms with E-state index in [1.807, 2.05) is 0 Å². The van der Waals surface area contributed by atoms with E-state index in [1.165, 1.54) is 0 Å². The fourth-order valence-electron chi connectivity index (χ4n) is 3.89. The van der Waals surface area contributed by atoms with Gasteiger partial charge in [-0.15, -0.1) is 0 Å². The van der Waals surface area contributed by atoms with Crippen molar-refractivity contribution in [3.63, 3.8) is 0 Å². The van der Waals surface area contributed by atoms with Crippen molar-refractivity contribution in [2.45, 2.75) is 25.7 Å². The molecule has 0 spiro atoms. The third kappa shape index (κ3) is 4.89. The van der Waals surface area contributed by atoms with Gasteiger partial charge in [-0.25, -0.2) is 4.79 Å². The molecule has 1 aliphatic heterocycles. The van der Waals surface area contributed by atoms with Crippen LogP contribution in [0.3, 0.4) is 0 Å². The van der Waals surface area contributed by atoms with Crippen LogP contribution >= 0.6 is 23.2 Å². The summed E-state index contributed by atoms with van der Waals surface area (Å²) in [4.78, 5) is 25.0. The molecular formula is C22H24Cl2N2O4. The van der Waals surface area contributed by atoms with Crippen LogP contribution < -0.4 is 11.1 Å². The minimum absolute atomic E-state index is 0.000631. The number of primary amides is 1. The van der Waals surface area contributed by atoms with E-state index in [2.05, 4.69) is 5.32 Å². The van der Waals surface area contributed by atoms with E-state index in [0.29, 0.717) is 47.4 Å². The molecule has 0 aromatic heterocycles. The molecule has 2 aromatic rings. The molecule has 8 heteroatoms. The molecule has 0 saturated carbocycles. The first-order valence-corrected chi connectivity index (χ1v) is 10.4. The van der Waals surface area contributed by atoms with Gasteiger partial charge in [0.1, 0.15) is 6.61 Å².